The SMILES string of the molecule is Cc1noc([C@H](C)N2CCN(c3cc(C#N)ccn3)CC2)n1. The van der Waals surface area contributed by atoms with E-state index in [0.29, 0.717) is 17.3 Å². The predicted octanol–water partition coefficient (Wildman–Crippen LogP) is 1.53. The van der Waals surface area contributed by atoms with E-state index in [0.717, 1.165) is 32.0 Å². The Kier molecular flexibility index (Phi) is 4.02. The van der Waals surface area contributed by atoms with Gasteiger partial charge >= 0.3 is 0 Å². The molecule has 0 aliphatic carbocycles. The summed E-state index contributed by atoms with van der Waals surface area (Å²) in [6.07, 6.45) is 1.68. The number of hydrogen-bond acceptors (Lipinski definition) is 7. The van der Waals surface area contributed by atoms with E-state index in [1.807, 2.05) is 13.0 Å². The van der Waals surface area contributed by atoms with Crippen molar-refractivity contribution >= 4 is 5.82 Å². The van der Waals surface area contributed by atoms with Crippen LogP contribution in [-0.2, 0) is 0 Å². The second kappa shape index (κ2) is 6.12. The molecule has 2 aromatic heterocycles. The maximum Gasteiger partial charge on any atom is 0.243 e. The highest BCUT2D eigenvalue weighted by Gasteiger charge is 2.25. The Balaban J connectivity index is 1.63. The van der Waals surface area contributed by atoms with Gasteiger partial charge in [-0.2, -0.15) is 10.2 Å². The summed E-state index contributed by atoms with van der Waals surface area (Å²) < 4.78 is 5.26. The zero-order valence-corrected chi connectivity index (χ0v) is 12.7. The smallest absolute Gasteiger partial charge is 0.243 e. The van der Waals surface area contributed by atoms with Crippen molar-refractivity contribution in [1.82, 2.24) is 20.0 Å². The lowest BCUT2D eigenvalue weighted by atomic mass is 10.2. The molecule has 1 atom stereocenters. The minimum Gasteiger partial charge on any atom is -0.354 e. The van der Waals surface area contributed by atoms with Crippen LogP contribution in [-0.4, -0.2) is 46.2 Å². The molecule has 0 aromatic carbocycles. The highest BCUT2D eigenvalue weighted by Crippen LogP contribution is 2.22. The summed E-state index contributed by atoms with van der Waals surface area (Å²) in [5.74, 6) is 2.19. The van der Waals surface area contributed by atoms with E-state index in [1.165, 1.54) is 0 Å². The second-order valence-corrected chi connectivity index (χ2v) is 5.39. The number of nitriles is 1. The summed E-state index contributed by atoms with van der Waals surface area (Å²) in [4.78, 5) is 13.2. The van der Waals surface area contributed by atoms with E-state index < -0.39 is 0 Å². The second-order valence-electron chi connectivity index (χ2n) is 5.39. The summed E-state index contributed by atoms with van der Waals surface area (Å²) in [6, 6.07) is 5.82. The lowest BCUT2D eigenvalue weighted by molar-refractivity contribution is 0.164. The minimum atomic E-state index is 0.113. The van der Waals surface area contributed by atoms with Gasteiger partial charge in [-0.25, -0.2) is 4.98 Å². The molecule has 0 N–H and O–H groups in total. The molecule has 0 radical (unpaired) electrons. The van der Waals surface area contributed by atoms with Crippen LogP contribution >= 0.6 is 0 Å². The highest BCUT2D eigenvalue weighted by atomic mass is 16.5. The summed E-state index contributed by atoms with van der Waals surface area (Å²) in [6.45, 7) is 7.41. The number of anilines is 1. The van der Waals surface area contributed by atoms with Gasteiger partial charge in [-0.15, -0.1) is 0 Å². The van der Waals surface area contributed by atoms with E-state index in [2.05, 4.69) is 37.9 Å². The standard InChI is InChI=1S/C15H18N6O/c1-11(15-18-12(2)19-22-15)20-5-7-21(8-6-20)14-9-13(10-16)3-4-17-14/h3-4,9,11H,5-8H2,1-2H3/t11-/m0/s1. The maximum absolute atomic E-state index is 8.98. The van der Waals surface area contributed by atoms with Crippen LogP contribution in [0.4, 0.5) is 5.82 Å². The Bertz CT molecular complexity index is 683. The molecule has 2 aromatic rings. The molecule has 7 heteroatoms. The molecule has 1 fully saturated rings. The first-order chi connectivity index (χ1) is 10.7. The number of aromatic nitrogens is 3. The lowest BCUT2D eigenvalue weighted by Gasteiger charge is -2.37. The third-order valence-corrected chi connectivity index (χ3v) is 3.96. The van der Waals surface area contributed by atoms with Crippen molar-refractivity contribution in [2.75, 3.05) is 31.1 Å². The zero-order chi connectivity index (χ0) is 15.5. The fourth-order valence-corrected chi connectivity index (χ4v) is 2.64. The molecule has 3 heterocycles. The molecule has 0 saturated carbocycles. The van der Waals surface area contributed by atoms with Crippen LogP contribution in [0, 0.1) is 18.3 Å². The van der Waals surface area contributed by atoms with Crippen molar-refractivity contribution in [3.05, 3.63) is 35.6 Å². The number of nitrogens with zero attached hydrogens (tertiary/aromatic N) is 6. The van der Waals surface area contributed by atoms with Gasteiger partial charge < -0.3 is 9.42 Å². The Labute approximate surface area is 129 Å². The molecule has 7 nitrogen and oxygen atoms in total. The third-order valence-electron chi connectivity index (χ3n) is 3.96. The van der Waals surface area contributed by atoms with Crippen molar-refractivity contribution < 1.29 is 4.52 Å². The number of pyridine rings is 1. The number of rotatable bonds is 3. The summed E-state index contributed by atoms with van der Waals surface area (Å²) in [7, 11) is 0. The third kappa shape index (κ3) is 2.92. The summed E-state index contributed by atoms with van der Waals surface area (Å²) in [5, 5.41) is 12.8. The Morgan fingerprint density at radius 1 is 1.32 bits per heavy atom. The van der Waals surface area contributed by atoms with Crippen molar-refractivity contribution in [3.8, 4) is 6.07 Å². The van der Waals surface area contributed by atoms with Gasteiger partial charge in [-0.3, -0.25) is 4.90 Å². The van der Waals surface area contributed by atoms with Gasteiger partial charge in [-0.05, 0) is 26.0 Å². The molecule has 1 aliphatic heterocycles. The van der Waals surface area contributed by atoms with Crippen LogP contribution in [0.15, 0.2) is 22.9 Å². The maximum atomic E-state index is 8.98. The zero-order valence-electron chi connectivity index (χ0n) is 12.7. The van der Waals surface area contributed by atoms with Crippen LogP contribution in [0.25, 0.3) is 0 Å². The molecule has 0 spiro atoms. The quantitative estimate of drug-likeness (QED) is 0.849. The van der Waals surface area contributed by atoms with Crippen LogP contribution in [0.5, 0.6) is 0 Å². The van der Waals surface area contributed by atoms with Gasteiger partial charge in [0, 0.05) is 32.4 Å². The Hall–Kier alpha value is -2.46. The molecule has 0 unspecified atom stereocenters. The van der Waals surface area contributed by atoms with E-state index in [1.54, 1.807) is 12.3 Å². The monoisotopic (exact) mass is 298 g/mol. The topological polar surface area (TPSA) is 82.1 Å². The largest absolute Gasteiger partial charge is 0.354 e. The van der Waals surface area contributed by atoms with Crippen LogP contribution < -0.4 is 4.90 Å². The molecule has 0 bridgehead atoms. The highest BCUT2D eigenvalue weighted by molar-refractivity contribution is 5.45. The molecule has 1 saturated heterocycles. The number of hydrogen-bond donors (Lipinski definition) is 0. The molecule has 114 valence electrons. The molecule has 3 rings (SSSR count). The van der Waals surface area contributed by atoms with Crippen LogP contribution in [0.1, 0.15) is 30.2 Å². The summed E-state index contributed by atoms with van der Waals surface area (Å²) in [5.41, 5.74) is 0.641. The fraction of sp³-hybridized carbons (Fsp3) is 0.467. The normalized spacial score (nSPS) is 17.2. The van der Waals surface area contributed by atoms with Crippen molar-refractivity contribution in [2.24, 2.45) is 0 Å². The van der Waals surface area contributed by atoms with Gasteiger partial charge in [0.25, 0.3) is 0 Å². The van der Waals surface area contributed by atoms with E-state index in [-0.39, 0.29) is 6.04 Å². The molecular weight excluding hydrogens is 280 g/mol. The number of aryl methyl sites for hydroxylation is 1. The molecule has 0 amide bonds. The first-order valence-electron chi connectivity index (χ1n) is 7.33. The molecule has 1 aliphatic rings. The first kappa shape index (κ1) is 14.5. The first-order valence-corrected chi connectivity index (χ1v) is 7.33. The van der Waals surface area contributed by atoms with Crippen LogP contribution in [0.3, 0.4) is 0 Å². The van der Waals surface area contributed by atoms with Gasteiger partial charge in [0.05, 0.1) is 17.7 Å². The fourth-order valence-electron chi connectivity index (χ4n) is 2.64. The Morgan fingerprint density at radius 2 is 2.09 bits per heavy atom. The average Bonchev–Trinajstić information content (AvgIpc) is 3.01. The molecule has 22 heavy (non-hydrogen) atoms. The summed E-state index contributed by atoms with van der Waals surface area (Å²) >= 11 is 0. The van der Waals surface area contributed by atoms with E-state index in [9.17, 15) is 0 Å². The van der Waals surface area contributed by atoms with Gasteiger partial charge in [-0.1, -0.05) is 5.16 Å². The lowest BCUT2D eigenvalue weighted by Crippen LogP contribution is -2.47. The average molecular weight is 298 g/mol. The van der Waals surface area contributed by atoms with Gasteiger partial charge in [0.2, 0.25) is 5.89 Å². The van der Waals surface area contributed by atoms with Gasteiger partial charge in [0.15, 0.2) is 5.82 Å². The van der Waals surface area contributed by atoms with Crippen molar-refractivity contribution in [3.63, 3.8) is 0 Å². The van der Waals surface area contributed by atoms with Crippen LogP contribution in [0.2, 0.25) is 0 Å². The number of piperazine rings is 1. The molecular formula is C15H18N6O. The van der Waals surface area contributed by atoms with Crippen molar-refractivity contribution in [1.29, 1.82) is 5.26 Å². The van der Waals surface area contributed by atoms with Gasteiger partial charge in [0.1, 0.15) is 5.82 Å². The van der Waals surface area contributed by atoms with Crippen molar-refractivity contribution in [2.45, 2.75) is 19.9 Å². The predicted molar refractivity (Wildman–Crippen MR) is 80.2 cm³/mol. The van der Waals surface area contributed by atoms with E-state index in [4.69, 9.17) is 9.78 Å². The minimum absolute atomic E-state index is 0.113. The van der Waals surface area contributed by atoms with E-state index >= 15 is 0 Å². The Morgan fingerprint density at radius 3 is 2.73 bits per heavy atom.